The standard InChI is InChI=1S/C22H21N2O2/c1-23(2)21-12-10-18(11-13-21)8-9-19-14-16-24(17-15-19)26-22(25)20-6-4-3-5-7-20/h3-17H,1-2H3/q+1. The molecule has 26 heavy (non-hydrogen) atoms. The lowest BCUT2D eigenvalue weighted by Crippen LogP contribution is -2.45. The van der Waals surface area contributed by atoms with Gasteiger partial charge in [0.1, 0.15) is 0 Å². The zero-order valence-corrected chi connectivity index (χ0v) is 14.9. The lowest BCUT2D eigenvalue weighted by molar-refractivity contribution is -0.868. The molecule has 0 unspecified atom stereocenters. The lowest BCUT2D eigenvalue weighted by atomic mass is 10.1. The van der Waals surface area contributed by atoms with E-state index in [4.69, 9.17) is 4.84 Å². The minimum atomic E-state index is -0.389. The zero-order valence-electron chi connectivity index (χ0n) is 14.9. The monoisotopic (exact) mass is 345 g/mol. The van der Waals surface area contributed by atoms with E-state index < -0.39 is 0 Å². The predicted molar refractivity (Wildman–Crippen MR) is 104 cm³/mol. The molecule has 4 nitrogen and oxygen atoms in total. The maximum absolute atomic E-state index is 12.0. The van der Waals surface area contributed by atoms with E-state index in [1.807, 2.05) is 38.4 Å². The summed E-state index contributed by atoms with van der Waals surface area (Å²) in [6.07, 6.45) is 7.51. The van der Waals surface area contributed by atoms with E-state index in [-0.39, 0.29) is 5.97 Å². The van der Waals surface area contributed by atoms with Crippen LogP contribution in [0.15, 0.2) is 79.1 Å². The van der Waals surface area contributed by atoms with Crippen LogP contribution in [0.2, 0.25) is 0 Å². The molecule has 4 heteroatoms. The van der Waals surface area contributed by atoms with E-state index in [0.29, 0.717) is 5.56 Å². The summed E-state index contributed by atoms with van der Waals surface area (Å²) in [7, 11) is 4.04. The van der Waals surface area contributed by atoms with E-state index in [2.05, 4.69) is 35.2 Å². The highest BCUT2D eigenvalue weighted by Gasteiger charge is 2.12. The summed E-state index contributed by atoms with van der Waals surface area (Å²) >= 11 is 0. The van der Waals surface area contributed by atoms with Gasteiger partial charge < -0.3 is 4.90 Å². The van der Waals surface area contributed by atoms with Crippen molar-refractivity contribution in [3.05, 3.63) is 95.8 Å². The number of rotatable bonds is 5. The molecule has 2 aromatic carbocycles. The highest BCUT2D eigenvalue weighted by Crippen LogP contribution is 2.14. The van der Waals surface area contributed by atoms with Crippen LogP contribution in [0.5, 0.6) is 0 Å². The lowest BCUT2D eigenvalue weighted by Gasteiger charge is -2.11. The number of hydrogen-bond acceptors (Lipinski definition) is 3. The quantitative estimate of drug-likeness (QED) is 0.664. The third-order valence-electron chi connectivity index (χ3n) is 3.90. The highest BCUT2D eigenvalue weighted by atomic mass is 16.7. The Morgan fingerprint density at radius 2 is 1.42 bits per heavy atom. The average molecular weight is 345 g/mol. The van der Waals surface area contributed by atoms with Crippen molar-refractivity contribution in [1.29, 1.82) is 0 Å². The summed E-state index contributed by atoms with van der Waals surface area (Å²) < 4.78 is 1.40. The molecule has 0 fully saturated rings. The molecule has 3 rings (SSSR count). The van der Waals surface area contributed by atoms with Gasteiger partial charge in [-0.15, -0.1) is 0 Å². The Morgan fingerprint density at radius 1 is 0.846 bits per heavy atom. The van der Waals surface area contributed by atoms with Gasteiger partial charge in [-0.2, -0.15) is 4.84 Å². The van der Waals surface area contributed by atoms with Crippen molar-refractivity contribution in [2.24, 2.45) is 0 Å². The first-order valence-electron chi connectivity index (χ1n) is 8.36. The van der Waals surface area contributed by atoms with Gasteiger partial charge in [-0.1, -0.05) is 42.5 Å². The molecule has 0 N–H and O–H groups in total. The molecule has 1 heterocycles. The van der Waals surface area contributed by atoms with E-state index in [1.165, 1.54) is 10.4 Å². The molecule has 0 radical (unpaired) electrons. The molecular weight excluding hydrogens is 324 g/mol. The summed E-state index contributed by atoms with van der Waals surface area (Å²) in [5.41, 5.74) is 3.84. The van der Waals surface area contributed by atoms with Crippen LogP contribution in [0.3, 0.4) is 0 Å². The van der Waals surface area contributed by atoms with Crippen molar-refractivity contribution in [3.8, 4) is 0 Å². The maximum Gasteiger partial charge on any atom is 0.411 e. The normalized spacial score (nSPS) is 10.7. The third kappa shape index (κ3) is 4.57. The Morgan fingerprint density at radius 3 is 2.00 bits per heavy atom. The first-order valence-corrected chi connectivity index (χ1v) is 8.36. The van der Waals surface area contributed by atoms with Crippen LogP contribution < -0.4 is 14.5 Å². The summed E-state index contributed by atoms with van der Waals surface area (Å²) in [5, 5.41) is 0. The van der Waals surface area contributed by atoms with Gasteiger partial charge in [0.2, 0.25) is 12.4 Å². The van der Waals surface area contributed by atoms with Crippen molar-refractivity contribution in [2.75, 3.05) is 19.0 Å². The van der Waals surface area contributed by atoms with Gasteiger partial charge in [-0.05, 0) is 35.4 Å². The summed E-state index contributed by atoms with van der Waals surface area (Å²) in [4.78, 5) is 19.4. The number of pyridine rings is 1. The fourth-order valence-corrected chi connectivity index (χ4v) is 2.39. The average Bonchev–Trinajstić information content (AvgIpc) is 2.68. The van der Waals surface area contributed by atoms with Gasteiger partial charge in [0, 0.05) is 36.6 Å². The van der Waals surface area contributed by atoms with Crippen LogP contribution >= 0.6 is 0 Å². The number of carbonyl (C=O) groups is 1. The Bertz CT molecular complexity index is 884. The van der Waals surface area contributed by atoms with Crippen LogP contribution in [-0.4, -0.2) is 20.1 Å². The van der Waals surface area contributed by atoms with E-state index in [0.717, 1.165) is 11.1 Å². The second kappa shape index (κ2) is 8.12. The number of hydrogen-bond donors (Lipinski definition) is 0. The Labute approximate surface area is 153 Å². The first-order chi connectivity index (χ1) is 12.6. The third-order valence-corrected chi connectivity index (χ3v) is 3.90. The highest BCUT2D eigenvalue weighted by molar-refractivity contribution is 5.89. The summed E-state index contributed by atoms with van der Waals surface area (Å²) in [6.45, 7) is 0. The van der Waals surface area contributed by atoms with E-state index in [1.54, 1.807) is 36.7 Å². The molecule has 0 amide bonds. The Kier molecular flexibility index (Phi) is 5.44. The Hall–Kier alpha value is -3.40. The van der Waals surface area contributed by atoms with Crippen molar-refractivity contribution < 1.29 is 14.4 Å². The molecule has 0 saturated carbocycles. The summed E-state index contributed by atoms with van der Waals surface area (Å²) in [6, 6.07) is 21.0. The zero-order chi connectivity index (χ0) is 18.4. The molecule has 0 aliphatic carbocycles. The van der Waals surface area contributed by atoms with Gasteiger partial charge in [-0.3, -0.25) is 0 Å². The number of aromatic nitrogens is 1. The number of anilines is 1. The van der Waals surface area contributed by atoms with Gasteiger partial charge >= 0.3 is 5.97 Å². The molecule has 1 aromatic heterocycles. The molecule has 0 spiro atoms. The van der Waals surface area contributed by atoms with Gasteiger partial charge in [0.15, 0.2) is 0 Å². The fraction of sp³-hybridized carbons (Fsp3) is 0.0909. The minimum absolute atomic E-state index is 0.389. The van der Waals surface area contributed by atoms with Gasteiger partial charge in [0.25, 0.3) is 0 Å². The van der Waals surface area contributed by atoms with E-state index >= 15 is 0 Å². The maximum atomic E-state index is 12.0. The number of nitrogens with zero attached hydrogens (tertiary/aromatic N) is 2. The molecule has 3 aromatic rings. The number of carbonyl (C=O) groups excluding carboxylic acids is 1. The largest absolute Gasteiger partial charge is 0.411 e. The topological polar surface area (TPSA) is 33.4 Å². The molecular formula is C22H21N2O2+. The van der Waals surface area contributed by atoms with E-state index in [9.17, 15) is 4.79 Å². The van der Waals surface area contributed by atoms with Gasteiger partial charge in [-0.25, -0.2) is 4.79 Å². The minimum Gasteiger partial charge on any atom is -0.378 e. The molecule has 0 aliphatic heterocycles. The van der Waals surface area contributed by atoms with Crippen molar-refractivity contribution >= 4 is 23.8 Å². The Balaban J connectivity index is 1.63. The predicted octanol–water partition coefficient (Wildman–Crippen LogP) is 3.48. The fourth-order valence-electron chi connectivity index (χ4n) is 2.39. The molecule has 0 atom stereocenters. The van der Waals surface area contributed by atoms with Crippen molar-refractivity contribution in [2.45, 2.75) is 0 Å². The van der Waals surface area contributed by atoms with Crippen LogP contribution in [0, 0.1) is 0 Å². The molecule has 0 bridgehead atoms. The first kappa shape index (κ1) is 17.4. The van der Waals surface area contributed by atoms with Crippen molar-refractivity contribution in [3.63, 3.8) is 0 Å². The summed E-state index contributed by atoms with van der Waals surface area (Å²) in [5.74, 6) is -0.389. The number of benzene rings is 2. The van der Waals surface area contributed by atoms with Crippen molar-refractivity contribution in [1.82, 2.24) is 0 Å². The smallest absolute Gasteiger partial charge is 0.378 e. The van der Waals surface area contributed by atoms with Crippen LogP contribution in [0.4, 0.5) is 5.69 Å². The second-order valence-corrected chi connectivity index (χ2v) is 6.06. The van der Waals surface area contributed by atoms with Gasteiger partial charge in [0.05, 0.1) is 5.56 Å². The molecule has 0 saturated heterocycles. The van der Waals surface area contributed by atoms with Crippen LogP contribution in [0.1, 0.15) is 21.5 Å². The van der Waals surface area contributed by atoms with Crippen LogP contribution in [0.25, 0.3) is 12.2 Å². The SMILES string of the molecule is CN(C)c1ccc(/C=C/c2cc[n+](OC(=O)c3ccccc3)cc2)cc1. The second-order valence-electron chi connectivity index (χ2n) is 6.06. The molecule has 0 aliphatic rings. The van der Waals surface area contributed by atoms with Crippen LogP contribution in [-0.2, 0) is 0 Å². The molecule has 130 valence electrons.